The maximum Gasteiger partial charge on any atom is 0.216 e. The van der Waals surface area contributed by atoms with Gasteiger partial charge < -0.3 is 9.47 Å². The van der Waals surface area contributed by atoms with Gasteiger partial charge in [0, 0.05) is 17.4 Å². The van der Waals surface area contributed by atoms with E-state index < -0.39 is 0 Å². The third-order valence-corrected chi connectivity index (χ3v) is 2.81. The monoisotopic (exact) mass is 215 g/mol. The average molecular weight is 215 g/mol. The Balaban J connectivity index is 2.09. The highest BCUT2D eigenvalue weighted by molar-refractivity contribution is 5.80. The Hall–Kier alpha value is -1.61. The van der Waals surface area contributed by atoms with E-state index in [9.17, 15) is 0 Å². The molecular formula is C13H13NO2. The van der Waals surface area contributed by atoms with Crippen LogP contribution in [0.25, 0.3) is 10.9 Å². The molecule has 1 aromatic heterocycles. The molecule has 3 rings (SSSR count). The van der Waals surface area contributed by atoms with Gasteiger partial charge in [-0.3, -0.25) is 0 Å². The number of epoxide rings is 1. The fourth-order valence-electron chi connectivity index (χ4n) is 1.90. The van der Waals surface area contributed by atoms with Crippen molar-refractivity contribution >= 4 is 10.9 Å². The van der Waals surface area contributed by atoms with Gasteiger partial charge in [0.2, 0.25) is 5.88 Å². The third-order valence-electron chi connectivity index (χ3n) is 2.81. The third kappa shape index (κ3) is 1.74. The van der Waals surface area contributed by atoms with Crippen LogP contribution in [0.2, 0.25) is 0 Å². The summed E-state index contributed by atoms with van der Waals surface area (Å²) in [5.74, 6) is 0.717. The van der Waals surface area contributed by atoms with E-state index in [1.807, 2.05) is 18.2 Å². The summed E-state index contributed by atoms with van der Waals surface area (Å²) in [6, 6.07) is 10.2. The largest absolute Gasteiger partial charge is 0.481 e. The first kappa shape index (κ1) is 9.60. The number of ether oxygens (including phenoxy) is 2. The van der Waals surface area contributed by atoms with Crippen molar-refractivity contribution in [3.63, 3.8) is 0 Å². The molecule has 0 aliphatic carbocycles. The van der Waals surface area contributed by atoms with Crippen molar-refractivity contribution in [1.82, 2.24) is 4.98 Å². The summed E-state index contributed by atoms with van der Waals surface area (Å²) < 4.78 is 10.6. The standard InChI is InChI=1S/C13H13NO2/c1-15-13-10(7-11-8-16-11)6-9-4-2-3-5-12(9)14-13/h2-6,11H,7-8H2,1H3. The zero-order chi connectivity index (χ0) is 11.0. The van der Waals surface area contributed by atoms with Gasteiger partial charge in [-0.15, -0.1) is 0 Å². The Morgan fingerprint density at radius 3 is 3.00 bits per heavy atom. The molecule has 0 N–H and O–H groups in total. The molecular weight excluding hydrogens is 202 g/mol. The Morgan fingerprint density at radius 1 is 1.44 bits per heavy atom. The molecule has 0 spiro atoms. The quantitative estimate of drug-likeness (QED) is 0.736. The minimum atomic E-state index is 0.358. The normalized spacial score (nSPS) is 18.7. The van der Waals surface area contributed by atoms with Crippen LogP contribution in [0.15, 0.2) is 30.3 Å². The van der Waals surface area contributed by atoms with Gasteiger partial charge in [-0.1, -0.05) is 18.2 Å². The van der Waals surface area contributed by atoms with E-state index in [0.29, 0.717) is 12.0 Å². The molecule has 0 bridgehead atoms. The number of rotatable bonds is 3. The number of hydrogen-bond acceptors (Lipinski definition) is 3. The van der Waals surface area contributed by atoms with E-state index in [1.54, 1.807) is 7.11 Å². The van der Waals surface area contributed by atoms with E-state index in [0.717, 1.165) is 29.5 Å². The smallest absolute Gasteiger partial charge is 0.216 e. The van der Waals surface area contributed by atoms with Crippen LogP contribution in [-0.2, 0) is 11.2 Å². The number of para-hydroxylation sites is 1. The SMILES string of the molecule is COc1nc2ccccc2cc1CC1CO1. The van der Waals surface area contributed by atoms with Crippen molar-refractivity contribution in [1.29, 1.82) is 0 Å². The summed E-state index contributed by atoms with van der Waals surface area (Å²) in [5, 5.41) is 1.15. The lowest BCUT2D eigenvalue weighted by Gasteiger charge is -2.07. The van der Waals surface area contributed by atoms with Crippen LogP contribution in [-0.4, -0.2) is 24.8 Å². The summed E-state index contributed by atoms with van der Waals surface area (Å²) in [7, 11) is 1.66. The van der Waals surface area contributed by atoms with Crippen molar-refractivity contribution in [2.24, 2.45) is 0 Å². The van der Waals surface area contributed by atoms with E-state index in [2.05, 4.69) is 17.1 Å². The van der Waals surface area contributed by atoms with Crippen molar-refractivity contribution in [3.8, 4) is 5.88 Å². The molecule has 0 radical (unpaired) electrons. The Labute approximate surface area is 94.0 Å². The van der Waals surface area contributed by atoms with E-state index in [-0.39, 0.29) is 0 Å². The predicted molar refractivity (Wildman–Crippen MR) is 61.7 cm³/mol. The van der Waals surface area contributed by atoms with Crippen molar-refractivity contribution < 1.29 is 9.47 Å². The molecule has 0 amide bonds. The van der Waals surface area contributed by atoms with Crippen molar-refractivity contribution in [2.75, 3.05) is 13.7 Å². The van der Waals surface area contributed by atoms with Crippen LogP contribution in [0.1, 0.15) is 5.56 Å². The minimum Gasteiger partial charge on any atom is -0.481 e. The number of fused-ring (bicyclic) bond motifs is 1. The molecule has 2 aromatic rings. The molecule has 1 aliphatic rings. The summed E-state index contributed by atoms with van der Waals surface area (Å²) in [6.45, 7) is 0.857. The number of methoxy groups -OCH3 is 1. The number of aromatic nitrogens is 1. The van der Waals surface area contributed by atoms with Crippen molar-refractivity contribution in [2.45, 2.75) is 12.5 Å². The highest BCUT2D eigenvalue weighted by atomic mass is 16.6. The Kier molecular flexibility index (Phi) is 2.26. The second kappa shape index (κ2) is 3.76. The average Bonchev–Trinajstić information content (AvgIpc) is 3.12. The maximum absolute atomic E-state index is 5.32. The molecule has 1 fully saturated rings. The first-order valence-electron chi connectivity index (χ1n) is 5.41. The minimum absolute atomic E-state index is 0.358. The number of hydrogen-bond donors (Lipinski definition) is 0. The molecule has 1 atom stereocenters. The number of nitrogens with zero attached hydrogens (tertiary/aromatic N) is 1. The molecule has 1 unspecified atom stereocenters. The number of pyridine rings is 1. The first-order chi connectivity index (χ1) is 7.86. The molecule has 3 heteroatoms. The van der Waals surface area contributed by atoms with Crippen LogP contribution in [0.4, 0.5) is 0 Å². The molecule has 1 aliphatic heterocycles. The van der Waals surface area contributed by atoms with Gasteiger partial charge in [-0.25, -0.2) is 4.98 Å². The van der Waals surface area contributed by atoms with E-state index >= 15 is 0 Å². The van der Waals surface area contributed by atoms with Gasteiger partial charge >= 0.3 is 0 Å². The lowest BCUT2D eigenvalue weighted by Crippen LogP contribution is -1.99. The molecule has 1 aromatic carbocycles. The molecule has 16 heavy (non-hydrogen) atoms. The first-order valence-corrected chi connectivity index (χ1v) is 5.41. The second-order valence-electron chi connectivity index (χ2n) is 4.01. The highest BCUT2D eigenvalue weighted by Gasteiger charge is 2.24. The summed E-state index contributed by atoms with van der Waals surface area (Å²) in [4.78, 5) is 4.50. The van der Waals surface area contributed by atoms with Gasteiger partial charge in [0.1, 0.15) is 0 Å². The van der Waals surface area contributed by atoms with Gasteiger partial charge in [-0.2, -0.15) is 0 Å². The summed E-state index contributed by atoms with van der Waals surface area (Å²) in [6.07, 6.45) is 1.25. The second-order valence-corrected chi connectivity index (χ2v) is 4.01. The van der Waals surface area contributed by atoms with Crippen LogP contribution >= 0.6 is 0 Å². The van der Waals surface area contributed by atoms with Crippen LogP contribution in [0, 0.1) is 0 Å². The van der Waals surface area contributed by atoms with Gasteiger partial charge in [-0.05, 0) is 12.1 Å². The Bertz CT molecular complexity index is 520. The summed E-state index contributed by atoms with van der Waals surface area (Å²) >= 11 is 0. The van der Waals surface area contributed by atoms with Gasteiger partial charge in [0.25, 0.3) is 0 Å². The molecule has 82 valence electrons. The molecule has 2 heterocycles. The van der Waals surface area contributed by atoms with Crippen LogP contribution in [0.3, 0.4) is 0 Å². The number of benzene rings is 1. The molecule has 1 saturated heterocycles. The summed E-state index contributed by atoms with van der Waals surface area (Å²) in [5.41, 5.74) is 2.10. The lowest BCUT2D eigenvalue weighted by atomic mass is 10.1. The van der Waals surface area contributed by atoms with Gasteiger partial charge in [0.05, 0.1) is 25.3 Å². The Morgan fingerprint density at radius 2 is 2.25 bits per heavy atom. The fourth-order valence-corrected chi connectivity index (χ4v) is 1.90. The van der Waals surface area contributed by atoms with Crippen LogP contribution in [0.5, 0.6) is 5.88 Å². The molecule has 3 nitrogen and oxygen atoms in total. The van der Waals surface area contributed by atoms with Gasteiger partial charge in [0.15, 0.2) is 0 Å². The zero-order valence-corrected chi connectivity index (χ0v) is 9.14. The fraction of sp³-hybridized carbons (Fsp3) is 0.308. The van der Waals surface area contributed by atoms with E-state index in [4.69, 9.17) is 9.47 Å². The molecule has 0 saturated carbocycles. The maximum atomic E-state index is 5.32. The lowest BCUT2D eigenvalue weighted by molar-refractivity contribution is 0.381. The van der Waals surface area contributed by atoms with E-state index in [1.165, 1.54) is 0 Å². The predicted octanol–water partition coefficient (Wildman–Crippen LogP) is 2.18. The highest BCUT2D eigenvalue weighted by Crippen LogP contribution is 2.26. The zero-order valence-electron chi connectivity index (χ0n) is 9.14. The van der Waals surface area contributed by atoms with Crippen LogP contribution < -0.4 is 4.74 Å². The van der Waals surface area contributed by atoms with Crippen molar-refractivity contribution in [3.05, 3.63) is 35.9 Å². The topological polar surface area (TPSA) is 34.6 Å².